The van der Waals surface area contributed by atoms with Crippen molar-refractivity contribution < 1.29 is 26.4 Å². The van der Waals surface area contributed by atoms with E-state index in [-0.39, 0.29) is 0 Å². The Kier molecular flexibility index (Phi) is 7.37. The molecule has 0 saturated heterocycles. The molecule has 0 atom stereocenters. The number of benzene rings is 2. The Hall–Kier alpha value is -1.70. The van der Waals surface area contributed by atoms with Gasteiger partial charge in [-0.15, -0.1) is 0 Å². The SMILES string of the molecule is CCCCO[Si](OCC(F)(F)C(F)F)(c1ccccc1)c1ccccc1. The minimum absolute atomic E-state index is 0.298. The van der Waals surface area contributed by atoms with Crippen molar-refractivity contribution in [1.29, 1.82) is 0 Å². The third-order valence-corrected chi connectivity index (χ3v) is 7.25. The van der Waals surface area contributed by atoms with Crippen LogP contribution in [0.4, 0.5) is 17.6 Å². The van der Waals surface area contributed by atoms with Crippen molar-refractivity contribution >= 4 is 18.9 Å². The highest BCUT2D eigenvalue weighted by molar-refractivity contribution is 6.92. The van der Waals surface area contributed by atoms with Crippen LogP contribution in [0, 0.1) is 0 Å². The zero-order valence-electron chi connectivity index (χ0n) is 14.5. The fourth-order valence-corrected chi connectivity index (χ4v) is 5.65. The zero-order chi connectivity index (χ0) is 19.0. The predicted molar refractivity (Wildman–Crippen MR) is 95.7 cm³/mol. The van der Waals surface area contributed by atoms with Crippen molar-refractivity contribution in [3.05, 3.63) is 60.7 Å². The monoisotopic (exact) mass is 386 g/mol. The number of unbranched alkanes of at least 4 members (excludes halogenated alkanes) is 1. The Bertz CT molecular complexity index is 614. The van der Waals surface area contributed by atoms with Crippen LogP contribution in [0.15, 0.2) is 60.7 Å². The summed E-state index contributed by atoms with van der Waals surface area (Å²) in [5.41, 5.74) is 0. The average molecular weight is 386 g/mol. The number of hydrogen-bond donors (Lipinski definition) is 0. The molecule has 7 heteroatoms. The molecule has 0 saturated carbocycles. The molecule has 0 fully saturated rings. The molecule has 0 amide bonds. The highest BCUT2D eigenvalue weighted by atomic mass is 28.4. The molecule has 0 unspecified atom stereocenters. The summed E-state index contributed by atoms with van der Waals surface area (Å²) in [5.74, 6) is -4.24. The fraction of sp³-hybridized carbons (Fsp3) is 0.368. The standard InChI is InChI=1S/C19H22F4O2Si/c1-2-3-14-24-26(16-10-6-4-7-11-16,17-12-8-5-9-13-17)25-15-19(22,23)18(20)21/h4-13,18H,2-3,14-15H2,1H3. The first-order valence-corrected chi connectivity index (χ1v) is 10.3. The molecule has 2 rings (SSSR count). The van der Waals surface area contributed by atoms with Crippen LogP contribution in [0.2, 0.25) is 0 Å². The molecule has 0 aliphatic carbocycles. The molecule has 0 aliphatic heterocycles. The molecule has 2 aromatic carbocycles. The van der Waals surface area contributed by atoms with E-state index < -0.39 is 27.5 Å². The van der Waals surface area contributed by atoms with Gasteiger partial charge in [-0.3, -0.25) is 0 Å². The molecule has 0 aromatic heterocycles. The summed E-state index contributed by atoms with van der Waals surface area (Å²) in [4.78, 5) is 0. The maximum atomic E-state index is 13.6. The van der Waals surface area contributed by atoms with Crippen molar-refractivity contribution in [3.8, 4) is 0 Å². The van der Waals surface area contributed by atoms with Crippen LogP contribution >= 0.6 is 0 Å². The lowest BCUT2D eigenvalue weighted by Crippen LogP contribution is -2.64. The van der Waals surface area contributed by atoms with Crippen LogP contribution < -0.4 is 10.4 Å². The number of alkyl halides is 4. The summed E-state index contributed by atoms with van der Waals surface area (Å²) in [6, 6.07) is 17.5. The van der Waals surface area contributed by atoms with E-state index in [0.29, 0.717) is 23.4 Å². The Morgan fingerprint density at radius 3 is 1.81 bits per heavy atom. The molecule has 2 nitrogen and oxygen atoms in total. The number of hydrogen-bond acceptors (Lipinski definition) is 2. The highest BCUT2D eigenvalue weighted by Gasteiger charge is 2.48. The van der Waals surface area contributed by atoms with Crippen LogP contribution in [-0.2, 0) is 8.85 Å². The van der Waals surface area contributed by atoms with E-state index in [1.165, 1.54) is 0 Å². The maximum Gasteiger partial charge on any atom is 0.407 e. The van der Waals surface area contributed by atoms with Gasteiger partial charge in [0.1, 0.15) is 6.61 Å². The van der Waals surface area contributed by atoms with Gasteiger partial charge < -0.3 is 8.85 Å². The second-order valence-corrected chi connectivity index (χ2v) is 8.87. The van der Waals surface area contributed by atoms with Gasteiger partial charge in [-0.2, -0.15) is 8.78 Å². The molecule has 0 N–H and O–H groups in total. The van der Waals surface area contributed by atoms with Crippen molar-refractivity contribution in [3.63, 3.8) is 0 Å². The summed E-state index contributed by atoms with van der Waals surface area (Å²) in [6.45, 7) is 0.878. The van der Waals surface area contributed by atoms with Gasteiger partial charge >= 0.3 is 20.9 Å². The van der Waals surface area contributed by atoms with E-state index in [1.54, 1.807) is 60.7 Å². The molecule has 142 valence electrons. The first-order chi connectivity index (χ1) is 12.4. The molecule has 0 radical (unpaired) electrons. The van der Waals surface area contributed by atoms with E-state index in [4.69, 9.17) is 8.85 Å². The molecule has 0 heterocycles. The Morgan fingerprint density at radius 2 is 1.38 bits per heavy atom. The first kappa shape index (κ1) is 20.6. The van der Waals surface area contributed by atoms with E-state index in [0.717, 1.165) is 6.42 Å². The number of rotatable bonds is 10. The molecule has 26 heavy (non-hydrogen) atoms. The lowest BCUT2D eigenvalue weighted by molar-refractivity contribution is -0.151. The maximum absolute atomic E-state index is 13.6. The highest BCUT2D eigenvalue weighted by Crippen LogP contribution is 2.25. The Morgan fingerprint density at radius 1 is 0.885 bits per heavy atom. The molecule has 0 bridgehead atoms. The van der Waals surface area contributed by atoms with Gasteiger partial charge in [0.15, 0.2) is 0 Å². The fourth-order valence-electron chi connectivity index (χ4n) is 2.48. The number of halogens is 4. The Labute approximate surface area is 152 Å². The Balaban J connectivity index is 2.46. The summed E-state index contributed by atoms with van der Waals surface area (Å²) in [5, 5.41) is 1.21. The van der Waals surface area contributed by atoms with Crippen LogP contribution in [0.1, 0.15) is 19.8 Å². The van der Waals surface area contributed by atoms with Crippen molar-refractivity contribution in [2.45, 2.75) is 32.1 Å². The molecule has 2 aromatic rings. The van der Waals surface area contributed by atoms with Crippen LogP contribution in [0.25, 0.3) is 0 Å². The quantitative estimate of drug-likeness (QED) is 0.349. The largest absolute Gasteiger partial charge is 0.407 e. The second-order valence-electron chi connectivity index (χ2n) is 5.90. The third kappa shape index (κ3) is 4.93. The average Bonchev–Trinajstić information content (AvgIpc) is 2.66. The minimum Gasteiger partial charge on any atom is -0.388 e. The van der Waals surface area contributed by atoms with Crippen LogP contribution in [-0.4, -0.2) is 34.1 Å². The van der Waals surface area contributed by atoms with Gasteiger partial charge in [0.05, 0.1) is 0 Å². The van der Waals surface area contributed by atoms with Gasteiger partial charge in [-0.05, 0) is 16.8 Å². The summed E-state index contributed by atoms with van der Waals surface area (Å²) in [7, 11) is -3.55. The molecule has 0 aliphatic rings. The van der Waals surface area contributed by atoms with Gasteiger partial charge in [0, 0.05) is 6.61 Å². The van der Waals surface area contributed by atoms with E-state index in [2.05, 4.69) is 0 Å². The smallest absolute Gasteiger partial charge is 0.388 e. The molecular formula is C19H22F4O2Si. The second kappa shape index (κ2) is 9.30. The van der Waals surface area contributed by atoms with Gasteiger partial charge in [-0.1, -0.05) is 74.0 Å². The summed E-state index contributed by atoms with van der Waals surface area (Å²) >= 11 is 0. The van der Waals surface area contributed by atoms with Gasteiger partial charge in [0.25, 0.3) is 0 Å². The van der Waals surface area contributed by atoms with E-state index in [9.17, 15) is 17.6 Å². The molecule has 0 spiro atoms. The lowest BCUT2D eigenvalue weighted by Gasteiger charge is -2.33. The zero-order valence-corrected chi connectivity index (χ0v) is 15.5. The topological polar surface area (TPSA) is 18.5 Å². The summed E-state index contributed by atoms with van der Waals surface area (Å²) < 4.78 is 64.1. The first-order valence-electron chi connectivity index (χ1n) is 8.47. The normalized spacial score (nSPS) is 12.5. The summed E-state index contributed by atoms with van der Waals surface area (Å²) in [6.07, 6.45) is -2.24. The predicted octanol–water partition coefficient (Wildman–Crippen LogP) is 3.98. The van der Waals surface area contributed by atoms with Crippen molar-refractivity contribution in [1.82, 2.24) is 0 Å². The minimum atomic E-state index is -4.24. The lowest BCUT2D eigenvalue weighted by atomic mass is 10.4. The van der Waals surface area contributed by atoms with Crippen LogP contribution in [0.3, 0.4) is 0 Å². The van der Waals surface area contributed by atoms with Crippen molar-refractivity contribution in [2.24, 2.45) is 0 Å². The van der Waals surface area contributed by atoms with Gasteiger partial charge in [-0.25, -0.2) is 8.78 Å². The van der Waals surface area contributed by atoms with E-state index in [1.807, 2.05) is 6.92 Å². The van der Waals surface area contributed by atoms with E-state index >= 15 is 0 Å². The molecular weight excluding hydrogens is 364 g/mol. The van der Waals surface area contributed by atoms with Crippen LogP contribution in [0.5, 0.6) is 0 Å². The van der Waals surface area contributed by atoms with Gasteiger partial charge in [0.2, 0.25) is 0 Å². The third-order valence-electron chi connectivity index (χ3n) is 3.90. The van der Waals surface area contributed by atoms with Crippen molar-refractivity contribution in [2.75, 3.05) is 13.2 Å².